The number of rotatable bonds is 9. The van der Waals surface area contributed by atoms with Gasteiger partial charge in [0.15, 0.2) is 11.9 Å². The van der Waals surface area contributed by atoms with Crippen molar-refractivity contribution in [2.45, 2.75) is 18.3 Å². The fourth-order valence-corrected chi connectivity index (χ4v) is 1.83. The Labute approximate surface area is 112 Å². The molecule has 12 nitrogen and oxygen atoms in total. The first kappa shape index (κ1) is 19.8. The van der Waals surface area contributed by atoms with Gasteiger partial charge in [-0.1, -0.05) is 0 Å². The summed E-state index contributed by atoms with van der Waals surface area (Å²) in [5, 5.41) is 27.2. The van der Waals surface area contributed by atoms with Gasteiger partial charge >= 0.3 is 15.6 Å². The molecule has 0 radical (unpaired) electrons. The monoisotopic (exact) mass is 340 g/mol. The van der Waals surface area contributed by atoms with Crippen LogP contribution in [0.2, 0.25) is 0 Å². The van der Waals surface area contributed by atoms with Crippen molar-refractivity contribution in [2.75, 3.05) is 13.2 Å². The first-order chi connectivity index (χ1) is 8.87. The first-order valence-electron chi connectivity index (χ1n) is 4.82. The molecular weight excluding hydrogens is 326 g/mol. The van der Waals surface area contributed by atoms with Gasteiger partial charge in [0.25, 0.3) is 0 Å². The molecule has 0 fully saturated rings. The third-order valence-corrected chi connectivity index (χ3v) is 2.83. The molecule has 0 rings (SSSR count). The molecule has 1 unspecified atom stereocenters. The molecule has 0 saturated heterocycles. The van der Waals surface area contributed by atoms with E-state index >= 15 is 0 Å². The molecule has 0 bridgehead atoms. The van der Waals surface area contributed by atoms with Crippen LogP contribution in [0.3, 0.4) is 0 Å². The maximum atomic E-state index is 11.4. The number of hydrogen-bond acceptors (Lipinski definition) is 8. The second-order valence-electron chi connectivity index (χ2n) is 3.47. The molecule has 0 saturated carbocycles. The van der Waals surface area contributed by atoms with Crippen molar-refractivity contribution in [1.29, 1.82) is 0 Å². The van der Waals surface area contributed by atoms with Crippen LogP contribution in [0.4, 0.5) is 0 Å². The Kier molecular flexibility index (Phi) is 7.60. The van der Waals surface area contributed by atoms with Crippen LogP contribution in [0.1, 0.15) is 0 Å². The molecule has 120 valence electrons. The zero-order valence-electron chi connectivity index (χ0n) is 9.71. The third kappa shape index (κ3) is 8.15. The van der Waals surface area contributed by atoms with Crippen molar-refractivity contribution in [2.24, 2.45) is 0 Å². The van der Waals surface area contributed by atoms with Gasteiger partial charge in [-0.3, -0.25) is 13.8 Å². The Hall–Kier alpha value is -0.230. The van der Waals surface area contributed by atoms with Crippen LogP contribution < -0.4 is 0 Å². The lowest BCUT2D eigenvalue weighted by molar-refractivity contribution is -0.144. The lowest BCUT2D eigenvalue weighted by Gasteiger charge is -2.21. The Morgan fingerprint density at radius 1 is 1.05 bits per heavy atom. The van der Waals surface area contributed by atoms with E-state index in [1.807, 2.05) is 0 Å². The number of aliphatic hydroxyl groups is 3. The van der Waals surface area contributed by atoms with Gasteiger partial charge in [-0.2, -0.15) is 0 Å². The van der Waals surface area contributed by atoms with Crippen LogP contribution in [0, 0.1) is 0 Å². The summed E-state index contributed by atoms with van der Waals surface area (Å²) in [7, 11) is -10.1. The topological polar surface area (TPSA) is 211 Å². The van der Waals surface area contributed by atoms with E-state index in [0.29, 0.717) is 0 Å². The highest BCUT2D eigenvalue weighted by atomic mass is 31.2. The van der Waals surface area contributed by atoms with Crippen LogP contribution >= 0.6 is 15.6 Å². The highest BCUT2D eigenvalue weighted by molar-refractivity contribution is 7.46. The van der Waals surface area contributed by atoms with Gasteiger partial charge in [0.05, 0.1) is 13.2 Å². The summed E-state index contributed by atoms with van der Waals surface area (Å²) in [4.78, 5) is 45.0. The fourth-order valence-electron chi connectivity index (χ4n) is 0.986. The summed E-state index contributed by atoms with van der Waals surface area (Å²) in [5.41, 5.74) is 0. The largest absolute Gasteiger partial charge is 0.470 e. The molecule has 7 N–H and O–H groups in total. The van der Waals surface area contributed by atoms with E-state index in [2.05, 4.69) is 9.05 Å². The van der Waals surface area contributed by atoms with Crippen LogP contribution in [-0.4, -0.2) is 72.2 Å². The van der Waals surface area contributed by atoms with Gasteiger partial charge in [-0.05, 0) is 0 Å². The van der Waals surface area contributed by atoms with Crippen LogP contribution in [0.25, 0.3) is 0 Å². The van der Waals surface area contributed by atoms with E-state index in [4.69, 9.17) is 24.7 Å². The van der Waals surface area contributed by atoms with Crippen molar-refractivity contribution in [3.05, 3.63) is 0 Å². The van der Waals surface area contributed by atoms with Crippen molar-refractivity contribution in [3.63, 3.8) is 0 Å². The normalized spacial score (nSPS) is 17.6. The number of hydrogen-bond donors (Lipinski definition) is 7. The smallest absolute Gasteiger partial charge is 0.393 e. The minimum atomic E-state index is -5.13. The Morgan fingerprint density at radius 3 is 1.90 bits per heavy atom. The molecule has 3 atom stereocenters. The van der Waals surface area contributed by atoms with Gasteiger partial charge in [0, 0.05) is 0 Å². The molecule has 14 heteroatoms. The average Bonchev–Trinajstić information content (AvgIpc) is 2.29. The molecule has 0 amide bonds. The quantitative estimate of drug-likeness (QED) is 0.207. The van der Waals surface area contributed by atoms with E-state index in [-0.39, 0.29) is 0 Å². The molecule has 0 aromatic carbocycles. The summed E-state index contributed by atoms with van der Waals surface area (Å²) in [6.45, 7) is -2.34. The maximum Gasteiger partial charge on any atom is 0.470 e. The van der Waals surface area contributed by atoms with E-state index < -0.39 is 53.0 Å². The van der Waals surface area contributed by atoms with Crippen LogP contribution in [0.5, 0.6) is 0 Å². The summed E-state index contributed by atoms with van der Waals surface area (Å²) in [5.74, 6) is -1.50. The second-order valence-corrected chi connectivity index (χ2v) is 5.90. The predicted octanol–water partition coefficient (Wildman–Crippen LogP) is -3.14. The molecule has 0 aromatic heterocycles. The van der Waals surface area contributed by atoms with Crippen molar-refractivity contribution < 1.29 is 57.9 Å². The van der Waals surface area contributed by atoms with E-state index in [0.717, 1.165) is 0 Å². The summed E-state index contributed by atoms with van der Waals surface area (Å²) in [6, 6.07) is 0. The van der Waals surface area contributed by atoms with E-state index in [9.17, 15) is 24.1 Å². The summed E-state index contributed by atoms with van der Waals surface area (Å²) < 4.78 is 28.5. The SMILES string of the molecule is O=C([C@@H](CO)OP(=O)(O)O)[C@H](O)C(O)COP(=O)(O)O. The minimum Gasteiger partial charge on any atom is -0.393 e. The molecule has 0 aliphatic heterocycles. The number of Topliss-reactive ketones (excluding diaryl/α,β-unsaturated/α-hetero) is 1. The second kappa shape index (κ2) is 7.69. The predicted molar refractivity (Wildman–Crippen MR) is 59.0 cm³/mol. The van der Waals surface area contributed by atoms with Gasteiger partial charge in [0.2, 0.25) is 0 Å². The summed E-state index contributed by atoms with van der Waals surface area (Å²) >= 11 is 0. The molecule has 20 heavy (non-hydrogen) atoms. The van der Waals surface area contributed by atoms with Gasteiger partial charge < -0.3 is 34.9 Å². The average molecular weight is 340 g/mol. The number of phosphoric acid groups is 2. The van der Waals surface area contributed by atoms with Gasteiger partial charge in [0.1, 0.15) is 12.2 Å². The third-order valence-electron chi connectivity index (χ3n) is 1.82. The molecule has 0 aromatic rings. The fraction of sp³-hybridized carbons (Fsp3) is 0.833. The van der Waals surface area contributed by atoms with E-state index in [1.54, 1.807) is 0 Å². The van der Waals surface area contributed by atoms with Crippen LogP contribution in [-0.2, 0) is 23.0 Å². The van der Waals surface area contributed by atoms with Crippen molar-refractivity contribution in [1.82, 2.24) is 0 Å². The lowest BCUT2D eigenvalue weighted by Crippen LogP contribution is -2.44. The lowest BCUT2D eigenvalue weighted by atomic mass is 10.1. The highest BCUT2D eigenvalue weighted by Crippen LogP contribution is 2.38. The molecule has 0 heterocycles. The maximum absolute atomic E-state index is 11.4. The van der Waals surface area contributed by atoms with Crippen LogP contribution in [0.15, 0.2) is 0 Å². The highest BCUT2D eigenvalue weighted by Gasteiger charge is 2.35. The number of carbonyl (C=O) groups is 1. The van der Waals surface area contributed by atoms with Gasteiger partial charge in [-0.15, -0.1) is 0 Å². The molecular formula is C6H14O12P2. The molecule has 0 spiro atoms. The minimum absolute atomic E-state index is 1.13. The first-order valence-corrected chi connectivity index (χ1v) is 7.88. The number of ketones is 1. The standard InChI is InChI=1S/C6H14O12P2/c7-1-4(18-20(14,15)16)6(10)5(9)3(8)2-17-19(11,12)13/h3-5,7-9H,1-2H2,(H2,11,12,13)(H2,14,15,16)/t3?,4-,5-/m1/s1. The van der Waals surface area contributed by atoms with Crippen molar-refractivity contribution in [3.8, 4) is 0 Å². The molecule has 0 aliphatic carbocycles. The zero-order valence-corrected chi connectivity index (χ0v) is 11.5. The Morgan fingerprint density at radius 2 is 1.55 bits per heavy atom. The number of carbonyl (C=O) groups excluding carboxylic acids is 1. The molecule has 0 aliphatic rings. The number of phosphoric ester groups is 2. The van der Waals surface area contributed by atoms with E-state index in [1.165, 1.54) is 0 Å². The Balaban J connectivity index is 4.65. The van der Waals surface area contributed by atoms with Gasteiger partial charge in [-0.25, -0.2) is 9.13 Å². The summed E-state index contributed by atoms with van der Waals surface area (Å²) in [6.07, 6.45) is -6.58. The number of aliphatic hydroxyl groups excluding tert-OH is 3. The Bertz CT molecular complexity index is 410. The van der Waals surface area contributed by atoms with Crippen molar-refractivity contribution >= 4 is 21.4 Å². The zero-order chi connectivity index (χ0) is 16.1.